The topological polar surface area (TPSA) is 69.6 Å². The van der Waals surface area contributed by atoms with Crippen molar-refractivity contribution in [1.82, 2.24) is 19.5 Å². The number of aryl methyl sites for hydroxylation is 1. The van der Waals surface area contributed by atoms with Gasteiger partial charge in [-0.2, -0.15) is 0 Å². The van der Waals surface area contributed by atoms with Crippen LogP contribution < -0.4 is 5.73 Å². The summed E-state index contributed by atoms with van der Waals surface area (Å²) < 4.78 is 1.77. The summed E-state index contributed by atoms with van der Waals surface area (Å²) in [6, 6.07) is 1.92. The highest BCUT2D eigenvalue weighted by Gasteiger charge is 2.08. The van der Waals surface area contributed by atoms with Gasteiger partial charge in [0.15, 0.2) is 5.82 Å². The molecule has 2 aromatic rings. The number of rotatable bonds is 4. The molecule has 2 aromatic heterocycles. The number of imidazole rings is 1. The molecule has 0 aliphatic carbocycles. The Kier molecular flexibility index (Phi) is 3.43. The van der Waals surface area contributed by atoms with Crippen molar-refractivity contribution in [2.24, 2.45) is 5.73 Å². The van der Waals surface area contributed by atoms with E-state index in [1.807, 2.05) is 6.07 Å². The van der Waals surface area contributed by atoms with Crippen molar-refractivity contribution in [3.05, 3.63) is 36.3 Å². The van der Waals surface area contributed by atoms with E-state index in [0.29, 0.717) is 5.82 Å². The standard InChI is InChI=1S/C11H13N5S/c1-2-3-8-6-9(15-7-14-8)16-5-4-13-11(16)10(12)17/h4-7H,2-3H2,1H3,(H2,12,17). The summed E-state index contributed by atoms with van der Waals surface area (Å²) in [6.07, 6.45) is 6.95. The molecule has 0 aliphatic heterocycles. The van der Waals surface area contributed by atoms with Gasteiger partial charge in [0.1, 0.15) is 17.1 Å². The van der Waals surface area contributed by atoms with Crippen LogP contribution in [-0.2, 0) is 6.42 Å². The summed E-state index contributed by atoms with van der Waals surface area (Å²) in [5.74, 6) is 1.28. The number of thiocarbonyl (C=S) groups is 1. The largest absolute Gasteiger partial charge is 0.387 e. The maximum Gasteiger partial charge on any atom is 0.173 e. The van der Waals surface area contributed by atoms with Crippen molar-refractivity contribution in [2.45, 2.75) is 19.8 Å². The van der Waals surface area contributed by atoms with Gasteiger partial charge in [0.05, 0.1) is 0 Å². The predicted molar refractivity (Wildman–Crippen MR) is 69.0 cm³/mol. The molecule has 88 valence electrons. The van der Waals surface area contributed by atoms with Gasteiger partial charge < -0.3 is 5.73 Å². The normalized spacial score (nSPS) is 10.4. The van der Waals surface area contributed by atoms with Gasteiger partial charge in [0.2, 0.25) is 0 Å². The second-order valence-corrected chi connectivity index (χ2v) is 4.04. The van der Waals surface area contributed by atoms with E-state index in [9.17, 15) is 0 Å². The van der Waals surface area contributed by atoms with Crippen LogP contribution in [-0.4, -0.2) is 24.5 Å². The maximum atomic E-state index is 5.60. The Bertz CT molecular complexity index is 534. The molecule has 2 heterocycles. The minimum Gasteiger partial charge on any atom is -0.387 e. The van der Waals surface area contributed by atoms with Crippen LogP contribution in [0.1, 0.15) is 24.9 Å². The molecule has 0 fully saturated rings. The number of hydrogen-bond donors (Lipinski definition) is 1. The van der Waals surface area contributed by atoms with Gasteiger partial charge in [-0.1, -0.05) is 25.6 Å². The second-order valence-electron chi connectivity index (χ2n) is 3.60. The molecule has 0 spiro atoms. The molecule has 0 atom stereocenters. The summed E-state index contributed by atoms with van der Waals surface area (Å²) in [5.41, 5.74) is 6.60. The number of aromatic nitrogens is 4. The Hall–Kier alpha value is -1.82. The van der Waals surface area contributed by atoms with Crippen molar-refractivity contribution in [3.8, 4) is 5.82 Å². The molecule has 17 heavy (non-hydrogen) atoms. The van der Waals surface area contributed by atoms with Crippen LogP contribution in [0.25, 0.3) is 5.82 Å². The van der Waals surface area contributed by atoms with Crippen LogP contribution in [0.5, 0.6) is 0 Å². The Balaban J connectivity index is 2.42. The van der Waals surface area contributed by atoms with Crippen LogP contribution >= 0.6 is 12.2 Å². The van der Waals surface area contributed by atoms with Gasteiger partial charge >= 0.3 is 0 Å². The summed E-state index contributed by atoms with van der Waals surface area (Å²) in [7, 11) is 0. The predicted octanol–water partition coefficient (Wildman–Crippen LogP) is 1.25. The molecule has 0 saturated heterocycles. The third-order valence-corrected chi connectivity index (χ3v) is 2.51. The highest BCUT2D eigenvalue weighted by molar-refractivity contribution is 7.80. The van der Waals surface area contributed by atoms with Crippen molar-refractivity contribution >= 4 is 17.2 Å². The zero-order valence-electron chi connectivity index (χ0n) is 9.50. The molecule has 6 heteroatoms. The fraction of sp³-hybridized carbons (Fsp3) is 0.273. The monoisotopic (exact) mass is 247 g/mol. The van der Waals surface area contributed by atoms with E-state index >= 15 is 0 Å². The zero-order chi connectivity index (χ0) is 12.3. The molecule has 0 saturated carbocycles. The summed E-state index contributed by atoms with van der Waals surface area (Å²) >= 11 is 4.94. The first-order valence-corrected chi connectivity index (χ1v) is 5.77. The van der Waals surface area contributed by atoms with Crippen LogP contribution in [0.2, 0.25) is 0 Å². The van der Waals surface area contributed by atoms with Crippen molar-refractivity contribution < 1.29 is 0 Å². The fourth-order valence-corrected chi connectivity index (χ4v) is 1.73. The number of hydrogen-bond acceptors (Lipinski definition) is 4. The van der Waals surface area contributed by atoms with Crippen molar-refractivity contribution in [1.29, 1.82) is 0 Å². The Labute approximate surface area is 105 Å². The minimum absolute atomic E-state index is 0.255. The van der Waals surface area contributed by atoms with Gasteiger partial charge in [-0.3, -0.25) is 4.57 Å². The molecule has 2 rings (SSSR count). The molecular formula is C11H13N5S. The highest BCUT2D eigenvalue weighted by atomic mass is 32.1. The Morgan fingerprint density at radius 1 is 1.41 bits per heavy atom. The lowest BCUT2D eigenvalue weighted by molar-refractivity contribution is 0.855. The lowest BCUT2D eigenvalue weighted by Gasteiger charge is -2.06. The van der Waals surface area contributed by atoms with Gasteiger partial charge in [0, 0.05) is 24.2 Å². The Morgan fingerprint density at radius 3 is 2.94 bits per heavy atom. The zero-order valence-corrected chi connectivity index (χ0v) is 10.3. The highest BCUT2D eigenvalue weighted by Crippen LogP contribution is 2.09. The van der Waals surface area contributed by atoms with E-state index in [-0.39, 0.29) is 4.99 Å². The van der Waals surface area contributed by atoms with E-state index in [1.165, 1.54) is 0 Å². The molecule has 0 aromatic carbocycles. The lowest BCUT2D eigenvalue weighted by atomic mass is 10.2. The fourth-order valence-electron chi connectivity index (χ4n) is 1.58. The summed E-state index contributed by atoms with van der Waals surface area (Å²) in [6.45, 7) is 2.11. The maximum absolute atomic E-state index is 5.60. The lowest BCUT2D eigenvalue weighted by Crippen LogP contribution is -2.16. The van der Waals surface area contributed by atoms with Crippen LogP contribution in [0.4, 0.5) is 0 Å². The van der Waals surface area contributed by atoms with Crippen molar-refractivity contribution in [3.63, 3.8) is 0 Å². The first kappa shape index (κ1) is 11.7. The van der Waals surface area contributed by atoms with Crippen LogP contribution in [0, 0.1) is 0 Å². The van der Waals surface area contributed by atoms with Crippen molar-refractivity contribution in [2.75, 3.05) is 0 Å². The van der Waals surface area contributed by atoms with Crippen LogP contribution in [0.15, 0.2) is 24.8 Å². The van der Waals surface area contributed by atoms with Gasteiger partial charge in [-0.05, 0) is 6.42 Å². The molecule has 0 amide bonds. The molecule has 0 unspecified atom stereocenters. The molecular weight excluding hydrogens is 234 g/mol. The third-order valence-electron chi connectivity index (χ3n) is 2.32. The van der Waals surface area contributed by atoms with E-state index < -0.39 is 0 Å². The average Bonchev–Trinajstić information content (AvgIpc) is 2.79. The van der Waals surface area contributed by atoms with Crippen LogP contribution in [0.3, 0.4) is 0 Å². The molecule has 0 aliphatic rings. The minimum atomic E-state index is 0.255. The Morgan fingerprint density at radius 2 is 2.24 bits per heavy atom. The first-order chi connectivity index (χ1) is 8.22. The van der Waals surface area contributed by atoms with E-state index in [2.05, 4.69) is 21.9 Å². The second kappa shape index (κ2) is 5.01. The van der Waals surface area contributed by atoms with Gasteiger partial charge in [-0.15, -0.1) is 0 Å². The number of nitrogens with two attached hydrogens (primary N) is 1. The van der Waals surface area contributed by atoms with E-state index in [1.54, 1.807) is 23.3 Å². The first-order valence-electron chi connectivity index (χ1n) is 5.36. The quantitative estimate of drug-likeness (QED) is 0.823. The third kappa shape index (κ3) is 2.47. The van der Waals surface area contributed by atoms with E-state index in [4.69, 9.17) is 18.0 Å². The van der Waals surface area contributed by atoms with E-state index in [0.717, 1.165) is 24.4 Å². The smallest absolute Gasteiger partial charge is 0.173 e. The summed E-state index contributed by atoms with van der Waals surface area (Å²) in [4.78, 5) is 12.8. The molecule has 5 nitrogen and oxygen atoms in total. The SMILES string of the molecule is CCCc1cc(-n2ccnc2C(N)=S)ncn1. The molecule has 2 N–H and O–H groups in total. The van der Waals surface area contributed by atoms with Gasteiger partial charge in [0.25, 0.3) is 0 Å². The number of nitrogens with zero attached hydrogens (tertiary/aromatic N) is 4. The average molecular weight is 247 g/mol. The summed E-state index contributed by atoms with van der Waals surface area (Å²) in [5, 5.41) is 0. The molecule has 0 radical (unpaired) electrons. The van der Waals surface area contributed by atoms with Gasteiger partial charge in [-0.25, -0.2) is 15.0 Å². The molecule has 0 bridgehead atoms.